The molecule has 0 bridgehead atoms. The van der Waals surface area contributed by atoms with E-state index in [9.17, 15) is 18.4 Å². The molecule has 1 fully saturated rings. The fourth-order valence-electron chi connectivity index (χ4n) is 3.77. The van der Waals surface area contributed by atoms with E-state index in [0.29, 0.717) is 21.3 Å². The Hall–Kier alpha value is -2.38. The van der Waals surface area contributed by atoms with E-state index in [0.717, 1.165) is 6.07 Å². The predicted molar refractivity (Wildman–Crippen MR) is 131 cm³/mol. The average molecular weight is 544 g/mol. The van der Waals surface area contributed by atoms with Crippen molar-refractivity contribution in [2.24, 2.45) is 5.92 Å². The first kappa shape index (κ1) is 24.7. The van der Waals surface area contributed by atoms with Crippen LogP contribution in [0.1, 0.15) is 21.8 Å². The van der Waals surface area contributed by atoms with E-state index in [1.54, 1.807) is 18.2 Å². The van der Waals surface area contributed by atoms with Gasteiger partial charge in [0.1, 0.15) is 16.0 Å². The second kappa shape index (κ2) is 9.34. The SMILES string of the molecule is CN(C(=O)c1cc(NC(=O)[C@H]2[C@H](c3cc(Cl)cc(Cl)c3)C2(Cl)Cl)ccc1F)c1ccc(F)cc1. The molecule has 34 heavy (non-hydrogen) atoms. The summed E-state index contributed by atoms with van der Waals surface area (Å²) in [7, 11) is 1.43. The minimum Gasteiger partial charge on any atom is -0.326 e. The number of nitrogens with one attached hydrogen (secondary N) is 1. The fourth-order valence-corrected chi connectivity index (χ4v) is 5.14. The highest BCUT2D eigenvalue weighted by Gasteiger charge is 2.67. The van der Waals surface area contributed by atoms with E-state index in [4.69, 9.17) is 46.4 Å². The first-order chi connectivity index (χ1) is 16.0. The van der Waals surface area contributed by atoms with Crippen molar-refractivity contribution in [1.29, 1.82) is 0 Å². The number of alkyl halides is 2. The molecule has 4 nitrogen and oxygen atoms in total. The molecule has 0 spiro atoms. The first-order valence-electron chi connectivity index (χ1n) is 9.97. The lowest BCUT2D eigenvalue weighted by atomic mass is 10.1. The molecule has 2 atom stereocenters. The second-order valence-electron chi connectivity index (χ2n) is 7.86. The van der Waals surface area contributed by atoms with Gasteiger partial charge in [0.25, 0.3) is 5.91 Å². The van der Waals surface area contributed by atoms with Crippen LogP contribution in [0.4, 0.5) is 20.2 Å². The predicted octanol–water partition coefficient (Wildman–Crippen LogP) is 7.07. The van der Waals surface area contributed by atoms with Crippen molar-refractivity contribution in [3.63, 3.8) is 0 Å². The van der Waals surface area contributed by atoms with Gasteiger partial charge in [0.2, 0.25) is 5.91 Å². The van der Waals surface area contributed by atoms with E-state index < -0.39 is 39.6 Å². The number of hydrogen-bond donors (Lipinski definition) is 1. The van der Waals surface area contributed by atoms with E-state index in [1.807, 2.05) is 0 Å². The Bertz CT molecular complexity index is 1260. The smallest absolute Gasteiger partial charge is 0.261 e. The van der Waals surface area contributed by atoms with Crippen LogP contribution >= 0.6 is 46.4 Å². The van der Waals surface area contributed by atoms with Gasteiger partial charge in [-0.1, -0.05) is 23.2 Å². The highest BCUT2D eigenvalue weighted by atomic mass is 35.5. The molecule has 4 rings (SSSR count). The van der Waals surface area contributed by atoms with Crippen LogP contribution in [0.5, 0.6) is 0 Å². The zero-order valence-corrected chi connectivity index (χ0v) is 20.5. The Morgan fingerprint density at radius 1 is 0.941 bits per heavy atom. The Balaban J connectivity index is 1.53. The lowest BCUT2D eigenvalue weighted by molar-refractivity contribution is -0.117. The summed E-state index contributed by atoms with van der Waals surface area (Å²) in [6, 6.07) is 13.6. The van der Waals surface area contributed by atoms with Crippen molar-refractivity contribution < 1.29 is 18.4 Å². The molecule has 0 radical (unpaired) electrons. The van der Waals surface area contributed by atoms with Gasteiger partial charge in [0.05, 0.1) is 11.5 Å². The topological polar surface area (TPSA) is 49.4 Å². The van der Waals surface area contributed by atoms with Gasteiger partial charge >= 0.3 is 0 Å². The molecule has 3 aromatic rings. The molecule has 1 aliphatic carbocycles. The molecule has 3 aromatic carbocycles. The summed E-state index contributed by atoms with van der Waals surface area (Å²) in [4.78, 5) is 27.0. The molecular formula is C24H16Cl4F2N2O2. The molecule has 1 aliphatic rings. The van der Waals surface area contributed by atoms with Crippen molar-refractivity contribution in [1.82, 2.24) is 0 Å². The average Bonchev–Trinajstić information content (AvgIpc) is 3.36. The van der Waals surface area contributed by atoms with Crippen molar-refractivity contribution >= 4 is 69.6 Å². The van der Waals surface area contributed by atoms with Crippen LogP contribution in [0.15, 0.2) is 60.7 Å². The molecule has 1 N–H and O–H groups in total. The summed E-state index contributed by atoms with van der Waals surface area (Å²) in [6.07, 6.45) is 0. The second-order valence-corrected chi connectivity index (χ2v) is 10.2. The number of carbonyl (C=O) groups excluding carboxylic acids is 2. The monoisotopic (exact) mass is 542 g/mol. The molecule has 0 aromatic heterocycles. The summed E-state index contributed by atoms with van der Waals surface area (Å²) >= 11 is 24.8. The largest absolute Gasteiger partial charge is 0.326 e. The maximum absolute atomic E-state index is 14.5. The molecule has 0 saturated heterocycles. The van der Waals surface area contributed by atoms with Gasteiger partial charge in [-0.05, 0) is 66.2 Å². The van der Waals surface area contributed by atoms with E-state index >= 15 is 0 Å². The highest BCUT2D eigenvalue weighted by molar-refractivity contribution is 6.53. The first-order valence-corrected chi connectivity index (χ1v) is 11.5. The van der Waals surface area contributed by atoms with Crippen LogP contribution in [0, 0.1) is 17.6 Å². The lowest BCUT2D eigenvalue weighted by Gasteiger charge is -2.18. The molecule has 0 heterocycles. The van der Waals surface area contributed by atoms with Crippen molar-refractivity contribution in [2.45, 2.75) is 10.3 Å². The number of anilines is 2. The van der Waals surface area contributed by atoms with Gasteiger partial charge in [-0.25, -0.2) is 8.78 Å². The molecule has 176 valence electrons. The van der Waals surface area contributed by atoms with Crippen molar-refractivity contribution in [3.8, 4) is 0 Å². The maximum atomic E-state index is 14.5. The molecular weight excluding hydrogens is 528 g/mol. The summed E-state index contributed by atoms with van der Waals surface area (Å²) < 4.78 is 26.3. The van der Waals surface area contributed by atoms with Gasteiger partial charge in [0.15, 0.2) is 0 Å². The number of hydrogen-bond acceptors (Lipinski definition) is 2. The van der Waals surface area contributed by atoms with Crippen molar-refractivity contribution in [2.75, 3.05) is 17.3 Å². The number of benzene rings is 3. The third-order valence-corrected chi connectivity index (χ3v) is 6.94. The summed E-state index contributed by atoms with van der Waals surface area (Å²) in [6.45, 7) is 0. The van der Waals surface area contributed by atoms with Crippen LogP contribution in [0.25, 0.3) is 0 Å². The van der Waals surface area contributed by atoms with Crippen molar-refractivity contribution in [3.05, 3.63) is 93.5 Å². The summed E-state index contributed by atoms with van der Waals surface area (Å²) in [5, 5.41) is 3.39. The minimum absolute atomic E-state index is 0.182. The normalized spacial score (nSPS) is 18.3. The third kappa shape index (κ3) is 4.86. The van der Waals surface area contributed by atoms with Crippen LogP contribution in [-0.4, -0.2) is 23.2 Å². The van der Waals surface area contributed by atoms with E-state index in [2.05, 4.69) is 5.32 Å². The lowest BCUT2D eigenvalue weighted by Crippen LogP contribution is -2.27. The quantitative estimate of drug-likeness (QED) is 0.350. The Labute approximate surface area is 214 Å². The maximum Gasteiger partial charge on any atom is 0.261 e. The molecule has 1 saturated carbocycles. The zero-order chi connectivity index (χ0) is 24.8. The summed E-state index contributed by atoms with van der Waals surface area (Å²) in [5.41, 5.74) is 0.886. The Morgan fingerprint density at radius 3 is 2.18 bits per heavy atom. The highest BCUT2D eigenvalue weighted by Crippen LogP contribution is 2.65. The van der Waals surface area contributed by atoms with Gasteiger partial charge in [-0.3, -0.25) is 9.59 Å². The number of nitrogens with zero attached hydrogens (tertiary/aromatic N) is 1. The molecule has 0 aliphatic heterocycles. The van der Waals surface area contributed by atoms with Gasteiger partial charge in [-0.2, -0.15) is 0 Å². The number of amides is 2. The minimum atomic E-state index is -1.39. The van der Waals surface area contributed by atoms with Gasteiger partial charge in [-0.15, -0.1) is 23.2 Å². The van der Waals surface area contributed by atoms with Gasteiger partial charge < -0.3 is 10.2 Å². The number of carbonyl (C=O) groups is 2. The standard InChI is InChI=1S/C24H16Cl4F2N2O2/c1-32(17-5-2-15(29)3-6-17)23(34)18-11-16(4-7-19(18)30)31-22(33)21-20(24(21,27)28)12-8-13(25)10-14(26)9-12/h2-11,20-21H,1H3,(H,31,33)/t20-,21+/m0/s1. The molecule has 0 unspecified atom stereocenters. The molecule has 10 heteroatoms. The van der Waals surface area contributed by atoms with Crippen LogP contribution in [0.3, 0.4) is 0 Å². The number of rotatable bonds is 5. The zero-order valence-electron chi connectivity index (χ0n) is 17.5. The number of halogens is 6. The fraction of sp³-hybridized carbons (Fsp3) is 0.167. The Morgan fingerprint density at radius 2 is 1.56 bits per heavy atom. The van der Waals surface area contributed by atoms with Crippen LogP contribution in [-0.2, 0) is 4.79 Å². The summed E-state index contributed by atoms with van der Waals surface area (Å²) in [5.74, 6) is -3.81. The van der Waals surface area contributed by atoms with E-state index in [-0.39, 0.29) is 11.3 Å². The van der Waals surface area contributed by atoms with Crippen LogP contribution < -0.4 is 10.2 Å². The van der Waals surface area contributed by atoms with Gasteiger partial charge in [0, 0.05) is 34.4 Å². The van der Waals surface area contributed by atoms with Crippen LogP contribution in [0.2, 0.25) is 10.0 Å². The molecule has 2 amide bonds. The Kier molecular flexibility index (Phi) is 6.80. The third-order valence-electron chi connectivity index (χ3n) is 5.56. The van der Waals surface area contributed by atoms with E-state index in [1.165, 1.54) is 48.3 Å².